The summed E-state index contributed by atoms with van der Waals surface area (Å²) in [4.78, 5) is 27.2. The van der Waals surface area contributed by atoms with E-state index in [-0.39, 0.29) is 17.9 Å². The summed E-state index contributed by atoms with van der Waals surface area (Å²) in [7, 11) is 0. The van der Waals surface area contributed by atoms with Crippen LogP contribution in [0.4, 0.5) is 5.69 Å². The van der Waals surface area contributed by atoms with E-state index in [0.717, 1.165) is 31.8 Å². The van der Waals surface area contributed by atoms with E-state index in [0.29, 0.717) is 17.8 Å². The molecule has 1 heterocycles. The largest absolute Gasteiger partial charge is 0.376 e. The minimum atomic E-state index is -0.497. The number of benzene rings is 2. The Morgan fingerprint density at radius 3 is 2.58 bits per heavy atom. The molecule has 166 valence electrons. The quantitative estimate of drug-likeness (QED) is 0.741. The molecule has 1 atom stereocenters. The number of morpholine rings is 1. The van der Waals surface area contributed by atoms with Crippen LogP contribution in [-0.2, 0) is 22.6 Å². The lowest BCUT2D eigenvalue weighted by molar-refractivity contribution is -0.123. The lowest BCUT2D eigenvalue weighted by Gasteiger charge is -2.31. The van der Waals surface area contributed by atoms with Gasteiger partial charge in [-0.05, 0) is 36.2 Å². The first-order valence-electron chi connectivity index (χ1n) is 10.8. The summed E-state index contributed by atoms with van der Waals surface area (Å²) in [6.45, 7) is 11.6. The summed E-state index contributed by atoms with van der Waals surface area (Å²) in [5, 5.41) is 5.85. The highest BCUT2D eigenvalue weighted by atomic mass is 16.5. The molecule has 0 aliphatic carbocycles. The molecule has 2 aromatic rings. The Morgan fingerprint density at radius 2 is 1.84 bits per heavy atom. The van der Waals surface area contributed by atoms with Gasteiger partial charge in [0.2, 0.25) is 5.91 Å². The molecule has 1 fully saturated rings. The average Bonchev–Trinajstić information content (AvgIpc) is 2.72. The molecular weight excluding hydrogens is 390 g/mol. The van der Waals surface area contributed by atoms with E-state index in [2.05, 4.69) is 34.6 Å². The highest BCUT2D eigenvalue weighted by molar-refractivity contribution is 5.98. The van der Waals surface area contributed by atoms with Gasteiger partial charge in [-0.2, -0.15) is 0 Å². The van der Waals surface area contributed by atoms with Gasteiger partial charge < -0.3 is 15.4 Å². The number of rotatable bonds is 6. The van der Waals surface area contributed by atoms with E-state index in [1.807, 2.05) is 32.9 Å². The van der Waals surface area contributed by atoms with E-state index < -0.39 is 5.41 Å². The van der Waals surface area contributed by atoms with E-state index in [1.54, 1.807) is 24.3 Å². The lowest BCUT2D eigenvalue weighted by atomic mass is 9.95. The third-order valence-corrected chi connectivity index (χ3v) is 5.24. The second-order valence-electron chi connectivity index (χ2n) is 9.20. The van der Waals surface area contributed by atoms with Gasteiger partial charge in [0.05, 0.1) is 12.7 Å². The van der Waals surface area contributed by atoms with E-state index >= 15 is 0 Å². The van der Waals surface area contributed by atoms with E-state index in [9.17, 15) is 9.59 Å². The van der Waals surface area contributed by atoms with Crippen LogP contribution in [0.15, 0.2) is 48.5 Å². The number of carbonyl (C=O) groups excluding carboxylic acids is 2. The summed E-state index contributed by atoms with van der Waals surface area (Å²) in [6.07, 6.45) is 0.264. The van der Waals surface area contributed by atoms with Crippen LogP contribution >= 0.6 is 0 Å². The van der Waals surface area contributed by atoms with Crippen LogP contribution in [0, 0.1) is 5.41 Å². The zero-order chi connectivity index (χ0) is 22.4. The van der Waals surface area contributed by atoms with Crippen LogP contribution in [0.3, 0.4) is 0 Å². The Hall–Kier alpha value is -2.70. The van der Waals surface area contributed by atoms with Crippen molar-refractivity contribution in [3.05, 3.63) is 65.2 Å². The first-order chi connectivity index (χ1) is 14.7. The molecule has 0 saturated carbocycles. The topological polar surface area (TPSA) is 70.7 Å². The van der Waals surface area contributed by atoms with Gasteiger partial charge in [0.25, 0.3) is 5.91 Å². The average molecular weight is 424 g/mol. The predicted molar refractivity (Wildman–Crippen MR) is 123 cm³/mol. The zero-order valence-electron chi connectivity index (χ0n) is 18.9. The molecular formula is C25H33N3O3. The summed E-state index contributed by atoms with van der Waals surface area (Å²) < 4.78 is 5.61. The maximum absolute atomic E-state index is 12.6. The first kappa shape index (κ1) is 23.0. The third-order valence-electron chi connectivity index (χ3n) is 5.24. The Morgan fingerprint density at radius 1 is 1.10 bits per heavy atom. The highest BCUT2D eigenvalue weighted by Crippen LogP contribution is 2.18. The van der Waals surface area contributed by atoms with Crippen LogP contribution in [0.25, 0.3) is 0 Å². The van der Waals surface area contributed by atoms with Crippen molar-refractivity contribution in [2.75, 3.05) is 25.0 Å². The molecule has 6 nitrogen and oxygen atoms in total. The number of amides is 2. The van der Waals surface area contributed by atoms with Crippen molar-refractivity contribution in [3.63, 3.8) is 0 Å². The molecule has 2 N–H and O–H groups in total. The fraction of sp³-hybridized carbons (Fsp3) is 0.440. The molecule has 1 aliphatic rings. The maximum atomic E-state index is 12.6. The predicted octanol–water partition coefficient (Wildman–Crippen LogP) is 3.82. The van der Waals surface area contributed by atoms with Crippen molar-refractivity contribution >= 4 is 17.5 Å². The van der Waals surface area contributed by atoms with Gasteiger partial charge in [0, 0.05) is 42.8 Å². The molecule has 31 heavy (non-hydrogen) atoms. The molecule has 1 unspecified atom stereocenters. The van der Waals surface area contributed by atoms with Crippen LogP contribution in [0.5, 0.6) is 0 Å². The Balaban J connectivity index is 1.57. The van der Waals surface area contributed by atoms with E-state index in [1.165, 1.54) is 5.56 Å². The van der Waals surface area contributed by atoms with Crippen LogP contribution < -0.4 is 10.6 Å². The molecule has 0 bridgehead atoms. The van der Waals surface area contributed by atoms with Gasteiger partial charge in [-0.15, -0.1) is 0 Å². The van der Waals surface area contributed by atoms with Crippen LogP contribution in [0.2, 0.25) is 0 Å². The second kappa shape index (κ2) is 10.1. The Bertz CT molecular complexity index is 920. The number of nitrogens with one attached hydrogen (secondary N) is 2. The van der Waals surface area contributed by atoms with Gasteiger partial charge in [0.15, 0.2) is 0 Å². The molecule has 2 aromatic carbocycles. The highest BCUT2D eigenvalue weighted by Gasteiger charge is 2.21. The van der Waals surface area contributed by atoms with Gasteiger partial charge in [-0.25, -0.2) is 0 Å². The van der Waals surface area contributed by atoms with Gasteiger partial charge >= 0.3 is 0 Å². The van der Waals surface area contributed by atoms with Gasteiger partial charge in [-0.1, -0.05) is 51.1 Å². The number of nitrogens with zero attached hydrogens (tertiary/aromatic N) is 1. The number of hydrogen-bond acceptors (Lipinski definition) is 4. The summed E-state index contributed by atoms with van der Waals surface area (Å²) in [6, 6.07) is 15.3. The molecule has 1 saturated heterocycles. The second-order valence-corrected chi connectivity index (χ2v) is 9.20. The van der Waals surface area contributed by atoms with Crippen molar-refractivity contribution in [1.82, 2.24) is 10.2 Å². The van der Waals surface area contributed by atoms with Crippen LogP contribution in [0.1, 0.15) is 49.2 Å². The van der Waals surface area contributed by atoms with Crippen molar-refractivity contribution in [1.29, 1.82) is 0 Å². The van der Waals surface area contributed by atoms with E-state index in [4.69, 9.17) is 4.74 Å². The van der Waals surface area contributed by atoms with Gasteiger partial charge in [0.1, 0.15) is 0 Å². The SMILES string of the molecule is CC1CN(Cc2cccc(CNC(=O)c3cccc(NC(=O)C(C)(C)C)c3)c2)CCO1. The number of anilines is 1. The van der Waals surface area contributed by atoms with Crippen molar-refractivity contribution < 1.29 is 14.3 Å². The van der Waals surface area contributed by atoms with Crippen molar-refractivity contribution in [2.45, 2.75) is 46.9 Å². The summed E-state index contributed by atoms with van der Waals surface area (Å²) in [5.74, 6) is -0.254. The summed E-state index contributed by atoms with van der Waals surface area (Å²) >= 11 is 0. The number of ether oxygens (including phenoxy) is 1. The molecule has 0 aromatic heterocycles. The minimum absolute atomic E-state index is 0.0865. The number of hydrogen-bond donors (Lipinski definition) is 2. The first-order valence-corrected chi connectivity index (χ1v) is 10.8. The summed E-state index contributed by atoms with van der Waals surface area (Å²) in [5.41, 5.74) is 2.93. The normalized spacial score (nSPS) is 17.2. The molecule has 1 aliphatic heterocycles. The standard InChI is InChI=1S/C25H33N3O3/c1-18-16-28(11-12-31-18)17-20-8-5-7-19(13-20)15-26-23(29)21-9-6-10-22(14-21)27-24(30)25(2,3)4/h5-10,13-14,18H,11-12,15-17H2,1-4H3,(H,26,29)(H,27,30). The zero-order valence-corrected chi connectivity index (χ0v) is 18.9. The monoisotopic (exact) mass is 423 g/mol. The lowest BCUT2D eigenvalue weighted by Crippen LogP contribution is -2.40. The van der Waals surface area contributed by atoms with Gasteiger partial charge in [-0.3, -0.25) is 14.5 Å². The van der Waals surface area contributed by atoms with Crippen LogP contribution in [-0.4, -0.2) is 42.5 Å². The fourth-order valence-electron chi connectivity index (χ4n) is 3.47. The molecule has 0 spiro atoms. The third kappa shape index (κ3) is 6.91. The number of carbonyl (C=O) groups is 2. The molecule has 2 amide bonds. The fourth-order valence-corrected chi connectivity index (χ4v) is 3.47. The molecule has 3 rings (SSSR count). The van der Waals surface area contributed by atoms with Crippen molar-refractivity contribution in [2.24, 2.45) is 5.41 Å². The molecule has 6 heteroatoms. The minimum Gasteiger partial charge on any atom is -0.376 e. The Kier molecular flexibility index (Phi) is 7.46. The van der Waals surface area contributed by atoms with Crippen molar-refractivity contribution in [3.8, 4) is 0 Å². The maximum Gasteiger partial charge on any atom is 0.251 e. The smallest absolute Gasteiger partial charge is 0.251 e. The Labute approximate surface area is 185 Å². The molecule has 0 radical (unpaired) electrons.